The summed E-state index contributed by atoms with van der Waals surface area (Å²) in [5.74, 6) is 8.51. The average molecular weight is 645 g/mol. The van der Waals surface area contributed by atoms with Crippen molar-refractivity contribution in [2.75, 3.05) is 39.1 Å². The predicted molar refractivity (Wildman–Crippen MR) is 198 cm³/mol. The van der Waals surface area contributed by atoms with Gasteiger partial charge in [-0.25, -0.2) is 9.97 Å². The first-order valence-electron chi connectivity index (χ1n) is 16.7. The Morgan fingerprint density at radius 1 is 0.936 bits per heavy atom. The number of H-pyrrole nitrogens is 2. The van der Waals surface area contributed by atoms with Crippen LogP contribution in [0.25, 0.3) is 22.3 Å². The van der Waals surface area contributed by atoms with Gasteiger partial charge in [0.1, 0.15) is 5.82 Å². The van der Waals surface area contributed by atoms with Crippen LogP contribution in [0.5, 0.6) is 0 Å². The number of nitroso groups, excluding NO2 is 1. The van der Waals surface area contributed by atoms with Crippen LogP contribution in [0.1, 0.15) is 91.1 Å². The van der Waals surface area contributed by atoms with Crippen molar-refractivity contribution >= 4 is 22.9 Å². The molecule has 0 radical (unpaired) electrons. The Balaban J connectivity index is 0.000000576. The number of aromatic amines is 2. The van der Waals surface area contributed by atoms with Crippen molar-refractivity contribution in [3.05, 3.63) is 70.5 Å². The number of carbonyl (C=O) groups excluding carboxylic acids is 1. The molecule has 0 fully saturated rings. The lowest BCUT2D eigenvalue weighted by molar-refractivity contribution is -0.121. The zero-order valence-corrected chi connectivity index (χ0v) is 30.2. The van der Waals surface area contributed by atoms with Crippen LogP contribution in [-0.4, -0.2) is 71.0 Å². The minimum absolute atomic E-state index is 0.0463. The first-order valence-corrected chi connectivity index (χ1v) is 16.7. The molecule has 256 valence electrons. The van der Waals surface area contributed by atoms with E-state index in [9.17, 15) is 9.70 Å². The standard InChI is InChI=1S/C25H28N6.C7H15NO.C3H7NO.C2H6/c1-5-14-31(4)17-24-26-16-23(27-24)20-11-8-18(9-12-20)6-7-19-10-13-21-22(15-19)29-25(28-21)30(2)3;1-3-5-7(9)8-6-4-2;1-3(2)4-5;1-2/h8-13,15-16H,5,14,17H2,1-4H3,(H,26,27)(H,28,29);3-6H2,1-2H3,(H,8,9);3H,1-2H3;1-2H3. The third kappa shape index (κ3) is 15.6. The maximum Gasteiger partial charge on any atom is 0.219 e. The number of amides is 1. The number of imidazole rings is 2. The first-order chi connectivity index (χ1) is 22.6. The van der Waals surface area contributed by atoms with Crippen LogP contribution in [-0.2, 0) is 11.3 Å². The Morgan fingerprint density at radius 3 is 2.15 bits per heavy atom. The van der Waals surface area contributed by atoms with E-state index in [1.165, 1.54) is 0 Å². The third-order valence-electron chi connectivity index (χ3n) is 6.35. The predicted octanol–water partition coefficient (Wildman–Crippen LogP) is 7.76. The summed E-state index contributed by atoms with van der Waals surface area (Å²) in [4.78, 5) is 40.0. The molecule has 0 bridgehead atoms. The Hall–Kier alpha value is -4.49. The number of benzene rings is 2. The van der Waals surface area contributed by atoms with E-state index in [0.717, 1.165) is 84.1 Å². The van der Waals surface area contributed by atoms with Crippen LogP contribution in [0.2, 0.25) is 0 Å². The summed E-state index contributed by atoms with van der Waals surface area (Å²) in [6.07, 6.45) is 5.67. The molecule has 0 aliphatic carbocycles. The molecule has 4 aromatic rings. The van der Waals surface area contributed by atoms with Crippen LogP contribution in [0.4, 0.5) is 5.95 Å². The molecule has 10 nitrogen and oxygen atoms in total. The van der Waals surface area contributed by atoms with E-state index < -0.39 is 0 Å². The van der Waals surface area contributed by atoms with Crippen molar-refractivity contribution in [3.63, 3.8) is 0 Å². The van der Waals surface area contributed by atoms with Crippen molar-refractivity contribution in [2.24, 2.45) is 5.18 Å². The molecule has 0 aliphatic heterocycles. The average Bonchev–Trinajstić information content (AvgIpc) is 3.72. The van der Waals surface area contributed by atoms with Gasteiger partial charge in [-0.3, -0.25) is 9.69 Å². The maximum absolute atomic E-state index is 10.7. The van der Waals surface area contributed by atoms with E-state index in [-0.39, 0.29) is 11.9 Å². The lowest BCUT2D eigenvalue weighted by atomic mass is 10.1. The van der Waals surface area contributed by atoms with Crippen molar-refractivity contribution in [1.29, 1.82) is 0 Å². The van der Waals surface area contributed by atoms with Crippen LogP contribution in [0.15, 0.2) is 53.8 Å². The Morgan fingerprint density at radius 2 is 1.57 bits per heavy atom. The van der Waals surface area contributed by atoms with Gasteiger partial charge < -0.3 is 20.2 Å². The molecular formula is C37H56N8O2. The van der Waals surface area contributed by atoms with E-state index in [1.54, 1.807) is 13.8 Å². The number of nitrogens with zero attached hydrogens (tertiary/aromatic N) is 5. The van der Waals surface area contributed by atoms with Crippen LogP contribution < -0.4 is 10.2 Å². The smallest absolute Gasteiger partial charge is 0.219 e. The first kappa shape index (κ1) is 40.5. The highest BCUT2D eigenvalue weighted by molar-refractivity contribution is 5.79. The van der Waals surface area contributed by atoms with Gasteiger partial charge in [0.25, 0.3) is 0 Å². The molecule has 2 aromatic carbocycles. The second-order valence-electron chi connectivity index (χ2n) is 11.3. The molecule has 1 amide bonds. The molecule has 0 atom stereocenters. The highest BCUT2D eigenvalue weighted by Gasteiger charge is 2.06. The quantitative estimate of drug-likeness (QED) is 0.113. The highest BCUT2D eigenvalue weighted by atomic mass is 16.3. The van der Waals surface area contributed by atoms with Gasteiger partial charge in [-0.2, -0.15) is 4.91 Å². The van der Waals surface area contributed by atoms with Crippen LogP contribution >= 0.6 is 0 Å². The molecule has 10 heteroatoms. The minimum Gasteiger partial charge on any atom is -0.356 e. The van der Waals surface area contributed by atoms with Gasteiger partial charge in [-0.05, 0) is 82.6 Å². The van der Waals surface area contributed by atoms with Gasteiger partial charge in [0, 0.05) is 38.2 Å². The molecule has 2 heterocycles. The second kappa shape index (κ2) is 22.9. The van der Waals surface area contributed by atoms with Gasteiger partial charge in [-0.1, -0.05) is 63.8 Å². The zero-order chi connectivity index (χ0) is 35.2. The van der Waals surface area contributed by atoms with Gasteiger partial charge in [0.15, 0.2) is 0 Å². The largest absolute Gasteiger partial charge is 0.356 e. The van der Waals surface area contributed by atoms with Gasteiger partial charge >= 0.3 is 0 Å². The normalized spacial score (nSPS) is 10.0. The number of rotatable bonds is 11. The Bertz CT molecular complexity index is 1510. The summed E-state index contributed by atoms with van der Waals surface area (Å²) in [6.45, 7) is 16.4. The maximum atomic E-state index is 10.7. The lowest BCUT2D eigenvalue weighted by Crippen LogP contribution is -2.23. The number of carbonyl (C=O) groups is 1. The van der Waals surface area contributed by atoms with Crippen molar-refractivity contribution in [2.45, 2.75) is 86.7 Å². The summed E-state index contributed by atoms with van der Waals surface area (Å²) in [6, 6.07) is 14.3. The fraction of sp³-hybridized carbons (Fsp3) is 0.486. The SMILES string of the molecule is CC.CC(C)N=O.CCCN(C)Cc1ncc(-c2ccc(C#Cc3ccc4nc(N(C)C)[nH]c4c3)cc2)[nH]1.CCCNC(=O)CCC. The summed E-state index contributed by atoms with van der Waals surface area (Å²) >= 11 is 0. The van der Waals surface area contributed by atoms with E-state index >= 15 is 0 Å². The number of nitrogens with one attached hydrogen (secondary N) is 3. The summed E-state index contributed by atoms with van der Waals surface area (Å²) in [7, 11) is 6.05. The number of aromatic nitrogens is 4. The molecule has 47 heavy (non-hydrogen) atoms. The molecule has 4 rings (SSSR count). The van der Waals surface area contributed by atoms with E-state index in [2.05, 4.69) is 73.3 Å². The molecule has 0 unspecified atom stereocenters. The number of hydrogen-bond acceptors (Lipinski definition) is 7. The van der Waals surface area contributed by atoms with Gasteiger partial charge in [0.05, 0.1) is 35.5 Å². The summed E-state index contributed by atoms with van der Waals surface area (Å²) < 4.78 is 0. The summed E-state index contributed by atoms with van der Waals surface area (Å²) in [5, 5.41) is 5.43. The fourth-order valence-electron chi connectivity index (χ4n) is 4.05. The molecular weight excluding hydrogens is 588 g/mol. The van der Waals surface area contributed by atoms with Crippen molar-refractivity contribution in [1.82, 2.24) is 30.2 Å². The van der Waals surface area contributed by atoms with Crippen LogP contribution in [0.3, 0.4) is 0 Å². The Kier molecular flexibility index (Phi) is 19.8. The Labute approximate surface area is 282 Å². The van der Waals surface area contributed by atoms with Crippen LogP contribution in [0, 0.1) is 16.7 Å². The molecule has 3 N–H and O–H groups in total. The second-order valence-corrected chi connectivity index (χ2v) is 11.3. The van der Waals surface area contributed by atoms with E-state index in [1.807, 2.05) is 83.2 Å². The molecule has 2 aromatic heterocycles. The molecule has 0 spiro atoms. The molecule has 0 saturated carbocycles. The highest BCUT2D eigenvalue weighted by Crippen LogP contribution is 2.19. The fourth-order valence-corrected chi connectivity index (χ4v) is 4.05. The molecule has 0 saturated heterocycles. The number of hydrogen-bond donors (Lipinski definition) is 3. The lowest BCUT2D eigenvalue weighted by Gasteiger charge is -2.12. The monoisotopic (exact) mass is 644 g/mol. The summed E-state index contributed by atoms with van der Waals surface area (Å²) in [5.41, 5.74) is 6.01. The van der Waals surface area contributed by atoms with Gasteiger partial charge in [0.2, 0.25) is 11.9 Å². The molecule has 0 aliphatic rings. The van der Waals surface area contributed by atoms with E-state index in [0.29, 0.717) is 6.42 Å². The topological polar surface area (TPSA) is 122 Å². The number of fused-ring (bicyclic) bond motifs is 1. The van der Waals surface area contributed by atoms with Crippen molar-refractivity contribution < 1.29 is 4.79 Å². The minimum atomic E-state index is -0.0463. The number of anilines is 1. The van der Waals surface area contributed by atoms with E-state index in [4.69, 9.17) is 0 Å². The van der Waals surface area contributed by atoms with Crippen molar-refractivity contribution in [3.8, 4) is 23.1 Å². The third-order valence-corrected chi connectivity index (χ3v) is 6.35. The van der Waals surface area contributed by atoms with Gasteiger partial charge in [-0.15, -0.1) is 0 Å². The zero-order valence-electron chi connectivity index (χ0n) is 30.2.